The third-order valence-electron chi connectivity index (χ3n) is 3.85. The van der Waals surface area contributed by atoms with Crippen LogP contribution in [0.5, 0.6) is 0 Å². The van der Waals surface area contributed by atoms with E-state index in [2.05, 4.69) is 20.5 Å². The zero-order valence-corrected chi connectivity index (χ0v) is 15.3. The average molecular weight is 340 g/mol. The SMILES string of the molecule is CCCNC(=O)CCN=C(NCC)N1CCCC(C(=O)OCC)C1. The van der Waals surface area contributed by atoms with Gasteiger partial charge in [0.1, 0.15) is 0 Å². The molecular formula is C17H32N4O3. The molecule has 0 radical (unpaired) electrons. The second-order valence-electron chi connectivity index (χ2n) is 5.87. The van der Waals surface area contributed by atoms with Gasteiger partial charge in [-0.05, 0) is 33.1 Å². The first-order valence-corrected chi connectivity index (χ1v) is 9.08. The van der Waals surface area contributed by atoms with E-state index in [1.165, 1.54) is 0 Å². The molecule has 1 rings (SSSR count). The van der Waals surface area contributed by atoms with Crippen LogP contribution < -0.4 is 10.6 Å². The second-order valence-corrected chi connectivity index (χ2v) is 5.87. The normalized spacial score (nSPS) is 18.2. The molecule has 0 aromatic rings. The van der Waals surface area contributed by atoms with Gasteiger partial charge in [0.05, 0.1) is 19.1 Å². The summed E-state index contributed by atoms with van der Waals surface area (Å²) in [6.45, 7) is 9.66. The molecule has 0 aromatic carbocycles. The Kier molecular flexibility index (Phi) is 9.88. The van der Waals surface area contributed by atoms with Crippen molar-refractivity contribution in [3.05, 3.63) is 0 Å². The molecule has 1 atom stereocenters. The molecule has 0 aromatic heterocycles. The minimum atomic E-state index is -0.128. The maximum absolute atomic E-state index is 12.0. The quantitative estimate of drug-likeness (QED) is 0.393. The van der Waals surface area contributed by atoms with Crippen LogP contribution >= 0.6 is 0 Å². The predicted molar refractivity (Wildman–Crippen MR) is 94.8 cm³/mol. The Morgan fingerprint density at radius 3 is 2.71 bits per heavy atom. The molecule has 7 nitrogen and oxygen atoms in total. The molecule has 0 bridgehead atoms. The van der Waals surface area contributed by atoms with Crippen molar-refractivity contribution in [3.8, 4) is 0 Å². The molecule has 1 amide bonds. The highest BCUT2D eigenvalue weighted by molar-refractivity contribution is 5.82. The van der Waals surface area contributed by atoms with Gasteiger partial charge in [0, 0.05) is 32.6 Å². The summed E-state index contributed by atoms with van der Waals surface area (Å²) >= 11 is 0. The summed E-state index contributed by atoms with van der Waals surface area (Å²) < 4.78 is 5.14. The lowest BCUT2D eigenvalue weighted by atomic mass is 9.98. The number of guanidine groups is 1. The van der Waals surface area contributed by atoms with Crippen LogP contribution in [0.2, 0.25) is 0 Å². The first-order valence-electron chi connectivity index (χ1n) is 9.08. The molecular weight excluding hydrogens is 308 g/mol. The highest BCUT2D eigenvalue weighted by Crippen LogP contribution is 2.18. The van der Waals surface area contributed by atoms with Crippen molar-refractivity contribution in [2.75, 3.05) is 39.3 Å². The van der Waals surface area contributed by atoms with Crippen molar-refractivity contribution in [1.82, 2.24) is 15.5 Å². The highest BCUT2D eigenvalue weighted by Gasteiger charge is 2.28. The van der Waals surface area contributed by atoms with E-state index in [0.717, 1.165) is 38.3 Å². The lowest BCUT2D eigenvalue weighted by Crippen LogP contribution is -2.48. The van der Waals surface area contributed by atoms with E-state index in [1.54, 1.807) is 0 Å². The van der Waals surface area contributed by atoms with Gasteiger partial charge in [0.15, 0.2) is 5.96 Å². The zero-order chi connectivity index (χ0) is 17.8. The van der Waals surface area contributed by atoms with Crippen molar-refractivity contribution in [1.29, 1.82) is 0 Å². The van der Waals surface area contributed by atoms with Gasteiger partial charge in [-0.2, -0.15) is 0 Å². The van der Waals surface area contributed by atoms with Gasteiger partial charge in [-0.15, -0.1) is 0 Å². The first kappa shape index (κ1) is 20.3. The van der Waals surface area contributed by atoms with E-state index >= 15 is 0 Å². The molecule has 0 saturated carbocycles. The Morgan fingerprint density at radius 2 is 2.04 bits per heavy atom. The smallest absolute Gasteiger partial charge is 0.310 e. The van der Waals surface area contributed by atoms with Crippen LogP contribution in [0.1, 0.15) is 46.5 Å². The van der Waals surface area contributed by atoms with E-state index in [1.807, 2.05) is 20.8 Å². The molecule has 138 valence electrons. The third-order valence-corrected chi connectivity index (χ3v) is 3.85. The molecule has 2 N–H and O–H groups in total. The minimum Gasteiger partial charge on any atom is -0.466 e. The number of hydrogen-bond donors (Lipinski definition) is 2. The summed E-state index contributed by atoms with van der Waals surface area (Å²) in [6, 6.07) is 0. The van der Waals surface area contributed by atoms with Crippen LogP contribution in [0, 0.1) is 5.92 Å². The monoisotopic (exact) mass is 340 g/mol. The number of ether oxygens (including phenoxy) is 1. The van der Waals surface area contributed by atoms with E-state index in [4.69, 9.17) is 4.74 Å². The molecule has 0 aliphatic carbocycles. The number of rotatable bonds is 8. The fraction of sp³-hybridized carbons (Fsp3) is 0.824. The van der Waals surface area contributed by atoms with Crippen molar-refractivity contribution in [3.63, 3.8) is 0 Å². The van der Waals surface area contributed by atoms with Crippen molar-refractivity contribution in [2.24, 2.45) is 10.9 Å². The van der Waals surface area contributed by atoms with Crippen molar-refractivity contribution < 1.29 is 14.3 Å². The van der Waals surface area contributed by atoms with Gasteiger partial charge in [0.2, 0.25) is 5.91 Å². The molecule has 1 aliphatic heterocycles. The summed E-state index contributed by atoms with van der Waals surface area (Å²) in [7, 11) is 0. The standard InChI is InChI=1S/C17H32N4O3/c1-4-10-19-15(22)9-11-20-17(18-5-2)21-12-7-8-14(13-21)16(23)24-6-3/h14H,4-13H2,1-3H3,(H,18,20)(H,19,22). The maximum Gasteiger partial charge on any atom is 0.310 e. The highest BCUT2D eigenvalue weighted by atomic mass is 16.5. The number of amides is 1. The Balaban J connectivity index is 2.57. The molecule has 1 aliphatic rings. The maximum atomic E-state index is 12.0. The topological polar surface area (TPSA) is 83.0 Å². The van der Waals surface area contributed by atoms with Crippen LogP contribution in [-0.2, 0) is 14.3 Å². The van der Waals surface area contributed by atoms with Gasteiger partial charge >= 0.3 is 5.97 Å². The number of piperidine rings is 1. The van der Waals surface area contributed by atoms with Gasteiger partial charge in [-0.1, -0.05) is 6.92 Å². The van der Waals surface area contributed by atoms with Crippen LogP contribution in [0.25, 0.3) is 0 Å². The molecule has 24 heavy (non-hydrogen) atoms. The summed E-state index contributed by atoms with van der Waals surface area (Å²) in [6.07, 6.45) is 3.10. The predicted octanol–water partition coefficient (Wildman–Crippen LogP) is 1.14. The van der Waals surface area contributed by atoms with E-state index < -0.39 is 0 Å². The lowest BCUT2D eigenvalue weighted by Gasteiger charge is -2.34. The molecule has 0 spiro atoms. The third kappa shape index (κ3) is 7.19. The molecule has 1 unspecified atom stereocenters. The first-order chi connectivity index (χ1) is 11.6. The lowest BCUT2D eigenvalue weighted by molar-refractivity contribution is -0.149. The van der Waals surface area contributed by atoms with Crippen LogP contribution in [0.15, 0.2) is 4.99 Å². The summed E-state index contributed by atoms with van der Waals surface area (Å²) in [5.41, 5.74) is 0. The number of nitrogens with zero attached hydrogens (tertiary/aromatic N) is 2. The number of carbonyl (C=O) groups is 2. The summed E-state index contributed by atoms with van der Waals surface area (Å²) in [5.74, 6) is 0.571. The van der Waals surface area contributed by atoms with Gasteiger partial charge < -0.3 is 20.3 Å². The molecule has 1 fully saturated rings. The van der Waals surface area contributed by atoms with Crippen molar-refractivity contribution in [2.45, 2.75) is 46.5 Å². The van der Waals surface area contributed by atoms with E-state index in [9.17, 15) is 9.59 Å². The largest absolute Gasteiger partial charge is 0.466 e. The van der Waals surface area contributed by atoms with Gasteiger partial charge in [0.25, 0.3) is 0 Å². The fourth-order valence-electron chi connectivity index (χ4n) is 2.66. The number of carbonyl (C=O) groups excluding carboxylic acids is 2. The minimum absolute atomic E-state index is 0.0273. The van der Waals surface area contributed by atoms with Crippen LogP contribution in [-0.4, -0.2) is 62.1 Å². The van der Waals surface area contributed by atoms with Gasteiger partial charge in [-0.25, -0.2) is 0 Å². The Hall–Kier alpha value is -1.79. The number of aliphatic imine (C=N–C) groups is 1. The fourth-order valence-corrected chi connectivity index (χ4v) is 2.66. The number of hydrogen-bond acceptors (Lipinski definition) is 4. The van der Waals surface area contributed by atoms with Gasteiger partial charge in [-0.3, -0.25) is 14.6 Å². The van der Waals surface area contributed by atoms with Crippen LogP contribution in [0.3, 0.4) is 0 Å². The summed E-state index contributed by atoms with van der Waals surface area (Å²) in [4.78, 5) is 30.3. The van der Waals surface area contributed by atoms with Crippen LogP contribution in [0.4, 0.5) is 0 Å². The van der Waals surface area contributed by atoms with E-state index in [0.29, 0.717) is 32.7 Å². The second kappa shape index (κ2) is 11.7. The molecule has 7 heteroatoms. The Morgan fingerprint density at radius 1 is 1.25 bits per heavy atom. The number of likely N-dealkylation sites (tertiary alicyclic amines) is 1. The van der Waals surface area contributed by atoms with Crippen molar-refractivity contribution >= 4 is 17.8 Å². The molecule has 1 heterocycles. The average Bonchev–Trinajstić information content (AvgIpc) is 2.59. The zero-order valence-electron chi connectivity index (χ0n) is 15.3. The molecule has 1 saturated heterocycles. The summed E-state index contributed by atoms with van der Waals surface area (Å²) in [5, 5.41) is 6.10. The number of nitrogens with one attached hydrogen (secondary N) is 2. The Bertz CT molecular complexity index is 426. The number of esters is 1. The van der Waals surface area contributed by atoms with E-state index in [-0.39, 0.29) is 17.8 Å². The Labute approximate surface area is 145 Å².